The predicted octanol–water partition coefficient (Wildman–Crippen LogP) is 5.66. The van der Waals surface area contributed by atoms with Crippen molar-refractivity contribution >= 4 is 39.5 Å². The zero-order valence-electron chi connectivity index (χ0n) is 17.6. The number of aromatic nitrogens is 1. The second kappa shape index (κ2) is 9.52. The summed E-state index contributed by atoms with van der Waals surface area (Å²) in [4.78, 5) is 15.0. The van der Waals surface area contributed by atoms with Gasteiger partial charge in [-0.3, -0.25) is 4.79 Å². The number of aromatic amines is 1. The van der Waals surface area contributed by atoms with Crippen molar-refractivity contribution < 1.29 is 24.1 Å². The summed E-state index contributed by atoms with van der Waals surface area (Å²) in [6.07, 6.45) is -0.105. The minimum atomic E-state index is -0.896. The molecule has 0 aliphatic rings. The van der Waals surface area contributed by atoms with Crippen LogP contribution in [0.2, 0.25) is 0 Å². The third-order valence-corrected chi connectivity index (χ3v) is 5.84. The molecule has 0 saturated heterocycles. The molecule has 2 N–H and O–H groups in total. The van der Waals surface area contributed by atoms with Crippen molar-refractivity contribution in [3.05, 3.63) is 75.4 Å². The van der Waals surface area contributed by atoms with Crippen LogP contribution in [0.5, 0.6) is 17.2 Å². The van der Waals surface area contributed by atoms with Crippen LogP contribution >= 0.6 is 22.6 Å². The first-order valence-corrected chi connectivity index (χ1v) is 11.0. The van der Waals surface area contributed by atoms with E-state index in [0.717, 1.165) is 31.3 Å². The topological polar surface area (TPSA) is 80.8 Å². The molecule has 0 unspecified atom stereocenters. The van der Waals surface area contributed by atoms with E-state index < -0.39 is 5.97 Å². The maximum absolute atomic E-state index is 11.6. The summed E-state index contributed by atoms with van der Waals surface area (Å²) in [5, 5.41) is 10.4. The molecule has 1 aromatic heterocycles. The normalized spacial score (nSPS) is 10.8. The Morgan fingerprint density at radius 1 is 1.00 bits per heavy atom. The van der Waals surface area contributed by atoms with E-state index in [9.17, 15) is 9.90 Å². The van der Waals surface area contributed by atoms with Crippen LogP contribution in [0.4, 0.5) is 0 Å². The molecule has 32 heavy (non-hydrogen) atoms. The van der Waals surface area contributed by atoms with Crippen LogP contribution in [0, 0.1) is 3.57 Å². The molecule has 0 fully saturated rings. The fourth-order valence-corrected chi connectivity index (χ4v) is 4.19. The fourth-order valence-electron chi connectivity index (χ4n) is 3.70. The molecule has 0 amide bonds. The van der Waals surface area contributed by atoms with Crippen molar-refractivity contribution in [3.8, 4) is 28.5 Å². The van der Waals surface area contributed by atoms with Gasteiger partial charge in [0.15, 0.2) is 11.5 Å². The van der Waals surface area contributed by atoms with E-state index in [1.807, 2.05) is 60.7 Å². The average Bonchev–Trinajstić information content (AvgIpc) is 3.14. The van der Waals surface area contributed by atoms with Crippen molar-refractivity contribution in [2.24, 2.45) is 0 Å². The van der Waals surface area contributed by atoms with Crippen molar-refractivity contribution in [1.29, 1.82) is 0 Å². The molecule has 0 radical (unpaired) electrons. The predicted molar refractivity (Wildman–Crippen MR) is 132 cm³/mol. The van der Waals surface area contributed by atoms with Crippen LogP contribution in [0.15, 0.2) is 60.7 Å². The van der Waals surface area contributed by atoms with E-state index >= 15 is 0 Å². The summed E-state index contributed by atoms with van der Waals surface area (Å²) in [7, 11) is 3.14. The number of hydrogen-bond donors (Lipinski definition) is 2. The first-order chi connectivity index (χ1) is 15.5. The van der Waals surface area contributed by atoms with Gasteiger partial charge in [-0.25, -0.2) is 0 Å². The van der Waals surface area contributed by atoms with Crippen molar-refractivity contribution in [3.63, 3.8) is 0 Å². The second-order valence-corrected chi connectivity index (χ2v) is 8.47. The number of rotatable bonds is 8. The molecule has 0 saturated carbocycles. The van der Waals surface area contributed by atoms with E-state index in [4.69, 9.17) is 14.2 Å². The Morgan fingerprint density at radius 2 is 1.69 bits per heavy atom. The highest BCUT2D eigenvalue weighted by molar-refractivity contribution is 14.1. The first-order valence-electron chi connectivity index (χ1n) is 9.95. The SMILES string of the molecule is COc1cc(-c2[nH]c3ccc(I)cc3c2CC(=O)O)cc(OC)c1OCc1ccccc1. The minimum absolute atomic E-state index is 0.105. The Kier molecular flexibility index (Phi) is 6.55. The quantitative estimate of drug-likeness (QED) is 0.281. The van der Waals surface area contributed by atoms with E-state index in [-0.39, 0.29) is 6.42 Å². The minimum Gasteiger partial charge on any atom is -0.493 e. The number of nitrogens with one attached hydrogen (secondary N) is 1. The first kappa shape index (κ1) is 22.0. The third-order valence-electron chi connectivity index (χ3n) is 5.17. The summed E-state index contributed by atoms with van der Waals surface area (Å²) >= 11 is 2.23. The maximum Gasteiger partial charge on any atom is 0.307 e. The van der Waals surface area contributed by atoms with E-state index in [1.165, 1.54) is 0 Å². The number of H-pyrrole nitrogens is 1. The summed E-state index contributed by atoms with van der Waals surface area (Å²) in [5.74, 6) is 0.607. The summed E-state index contributed by atoms with van der Waals surface area (Å²) in [5.41, 5.74) is 4.09. The van der Waals surface area contributed by atoms with Crippen LogP contribution in [0.1, 0.15) is 11.1 Å². The van der Waals surface area contributed by atoms with Crippen molar-refractivity contribution in [2.45, 2.75) is 13.0 Å². The lowest BCUT2D eigenvalue weighted by Crippen LogP contribution is -2.02. The number of carboxylic acids is 1. The molecule has 4 aromatic rings. The molecule has 3 aromatic carbocycles. The number of methoxy groups -OCH3 is 2. The Balaban J connectivity index is 1.80. The van der Waals surface area contributed by atoms with Gasteiger partial charge in [-0.05, 0) is 64.0 Å². The van der Waals surface area contributed by atoms with Gasteiger partial charge >= 0.3 is 5.97 Å². The number of carboxylic acid groups (broad SMARTS) is 1. The Morgan fingerprint density at radius 3 is 2.31 bits per heavy atom. The number of benzene rings is 3. The number of carbonyl (C=O) groups is 1. The van der Waals surface area contributed by atoms with E-state index in [1.54, 1.807) is 14.2 Å². The standard InChI is InChI=1S/C25H22INO5/c1-30-21-10-16(11-22(31-2)25(21)32-14-15-6-4-3-5-7-15)24-19(13-23(28)29)18-12-17(26)8-9-20(18)27-24/h3-12,27H,13-14H2,1-2H3,(H,28,29). The highest BCUT2D eigenvalue weighted by Gasteiger charge is 2.21. The Labute approximate surface area is 199 Å². The molecule has 6 nitrogen and oxygen atoms in total. The number of halogens is 1. The highest BCUT2D eigenvalue weighted by Crippen LogP contribution is 2.43. The lowest BCUT2D eigenvalue weighted by molar-refractivity contribution is -0.136. The van der Waals surface area contributed by atoms with E-state index in [0.29, 0.717) is 29.4 Å². The largest absolute Gasteiger partial charge is 0.493 e. The number of ether oxygens (including phenoxy) is 3. The number of fused-ring (bicyclic) bond motifs is 1. The zero-order chi connectivity index (χ0) is 22.7. The second-order valence-electron chi connectivity index (χ2n) is 7.22. The van der Waals surface area contributed by atoms with Gasteiger partial charge in [0.1, 0.15) is 6.61 Å². The van der Waals surface area contributed by atoms with Crippen molar-refractivity contribution in [2.75, 3.05) is 14.2 Å². The Bertz CT molecular complexity index is 1240. The van der Waals surface area contributed by atoms with Gasteiger partial charge in [-0.1, -0.05) is 30.3 Å². The van der Waals surface area contributed by atoms with Gasteiger partial charge < -0.3 is 24.3 Å². The highest BCUT2D eigenvalue weighted by atomic mass is 127. The zero-order valence-corrected chi connectivity index (χ0v) is 19.8. The summed E-state index contributed by atoms with van der Waals surface area (Å²) in [6, 6.07) is 19.4. The van der Waals surface area contributed by atoms with Crippen LogP contribution in [-0.2, 0) is 17.8 Å². The van der Waals surface area contributed by atoms with Gasteiger partial charge in [0, 0.05) is 20.0 Å². The smallest absolute Gasteiger partial charge is 0.307 e. The fraction of sp³-hybridized carbons (Fsp3) is 0.160. The molecule has 0 bridgehead atoms. The monoisotopic (exact) mass is 543 g/mol. The van der Waals surface area contributed by atoms with Crippen molar-refractivity contribution in [1.82, 2.24) is 4.98 Å². The van der Waals surface area contributed by atoms with E-state index in [2.05, 4.69) is 27.6 Å². The molecule has 0 aliphatic carbocycles. The molecule has 0 atom stereocenters. The molecule has 1 heterocycles. The van der Waals surface area contributed by atoms with Crippen LogP contribution in [0.3, 0.4) is 0 Å². The van der Waals surface area contributed by atoms with Crippen LogP contribution in [0.25, 0.3) is 22.2 Å². The Hall–Kier alpha value is -3.20. The molecule has 164 valence electrons. The molecular weight excluding hydrogens is 521 g/mol. The third kappa shape index (κ3) is 4.52. The molecular formula is C25H22INO5. The van der Waals surface area contributed by atoms with Gasteiger partial charge in [-0.15, -0.1) is 0 Å². The van der Waals surface area contributed by atoms with Gasteiger partial charge in [0.05, 0.1) is 26.3 Å². The molecule has 7 heteroatoms. The lowest BCUT2D eigenvalue weighted by atomic mass is 10.0. The molecule has 0 spiro atoms. The van der Waals surface area contributed by atoms with Crippen LogP contribution < -0.4 is 14.2 Å². The maximum atomic E-state index is 11.6. The average molecular weight is 543 g/mol. The number of aliphatic carboxylic acids is 1. The molecule has 4 rings (SSSR count). The van der Waals surface area contributed by atoms with Gasteiger partial charge in [0.25, 0.3) is 0 Å². The van der Waals surface area contributed by atoms with Gasteiger partial charge in [0.2, 0.25) is 5.75 Å². The number of hydrogen-bond acceptors (Lipinski definition) is 4. The van der Waals surface area contributed by atoms with Crippen LogP contribution in [-0.4, -0.2) is 30.3 Å². The molecule has 0 aliphatic heterocycles. The van der Waals surface area contributed by atoms with Gasteiger partial charge in [-0.2, -0.15) is 0 Å². The lowest BCUT2D eigenvalue weighted by Gasteiger charge is -2.16. The summed E-state index contributed by atoms with van der Waals surface area (Å²) in [6.45, 7) is 0.363. The summed E-state index contributed by atoms with van der Waals surface area (Å²) < 4.78 is 18.3.